The van der Waals surface area contributed by atoms with Gasteiger partial charge < -0.3 is 10.6 Å². The molecule has 3 rings (SSSR count). The van der Waals surface area contributed by atoms with Crippen LogP contribution >= 0.6 is 22.9 Å². The van der Waals surface area contributed by atoms with Crippen molar-refractivity contribution in [3.05, 3.63) is 70.5 Å². The lowest BCUT2D eigenvalue weighted by Gasteiger charge is -2.04. The number of carbonyl (C=O) groups is 1. The van der Waals surface area contributed by atoms with Crippen molar-refractivity contribution < 1.29 is 4.79 Å². The van der Waals surface area contributed by atoms with Crippen LogP contribution in [0.1, 0.15) is 16.1 Å². The average Bonchev–Trinajstić information content (AvgIpc) is 3.04. The van der Waals surface area contributed by atoms with Gasteiger partial charge in [-0.2, -0.15) is 0 Å². The molecular formula is C16H13ClN4OS. The minimum atomic E-state index is -0.225. The summed E-state index contributed by atoms with van der Waals surface area (Å²) in [6.45, 7) is 0.414. The molecule has 0 atom stereocenters. The molecule has 0 aliphatic carbocycles. The van der Waals surface area contributed by atoms with Gasteiger partial charge in [-0.1, -0.05) is 29.8 Å². The maximum atomic E-state index is 12.1. The van der Waals surface area contributed by atoms with Crippen molar-refractivity contribution in [1.29, 1.82) is 0 Å². The number of carbonyl (C=O) groups excluding carboxylic acids is 1. The second kappa shape index (κ2) is 7.21. The van der Waals surface area contributed by atoms with Gasteiger partial charge in [0, 0.05) is 24.3 Å². The summed E-state index contributed by atoms with van der Waals surface area (Å²) in [5, 5.41) is 8.85. The Kier molecular flexibility index (Phi) is 4.85. The number of anilines is 2. The van der Waals surface area contributed by atoms with Gasteiger partial charge in [0.05, 0.1) is 10.7 Å². The van der Waals surface area contributed by atoms with Crippen LogP contribution in [-0.2, 0) is 6.54 Å². The molecule has 2 heterocycles. The number of nitrogens with zero attached hydrogens (tertiary/aromatic N) is 2. The topological polar surface area (TPSA) is 66.9 Å². The van der Waals surface area contributed by atoms with Crippen molar-refractivity contribution >= 4 is 39.7 Å². The van der Waals surface area contributed by atoms with Gasteiger partial charge in [-0.3, -0.25) is 9.78 Å². The van der Waals surface area contributed by atoms with Gasteiger partial charge in [0.15, 0.2) is 5.13 Å². The standard InChI is InChI=1S/C16H13ClN4OS/c17-12-5-1-2-6-13(12)20-16-21-14(10-23-16)15(22)19-9-11-4-3-7-18-8-11/h1-8,10H,9H2,(H,19,22)(H,20,21). The van der Waals surface area contributed by atoms with E-state index in [0.29, 0.717) is 22.4 Å². The molecule has 1 amide bonds. The van der Waals surface area contributed by atoms with Crippen LogP contribution in [0.5, 0.6) is 0 Å². The summed E-state index contributed by atoms with van der Waals surface area (Å²) in [4.78, 5) is 20.4. The zero-order valence-corrected chi connectivity index (χ0v) is 13.6. The first-order chi connectivity index (χ1) is 11.2. The fraction of sp³-hybridized carbons (Fsp3) is 0.0625. The van der Waals surface area contributed by atoms with E-state index in [1.807, 2.05) is 30.3 Å². The Morgan fingerprint density at radius 1 is 1.22 bits per heavy atom. The molecule has 0 unspecified atom stereocenters. The Morgan fingerprint density at radius 2 is 2.09 bits per heavy atom. The molecule has 0 fully saturated rings. The van der Waals surface area contributed by atoms with Crippen LogP contribution in [0, 0.1) is 0 Å². The number of amides is 1. The molecule has 0 saturated carbocycles. The minimum Gasteiger partial charge on any atom is -0.347 e. The number of hydrogen-bond donors (Lipinski definition) is 2. The molecule has 0 bridgehead atoms. The Morgan fingerprint density at radius 3 is 2.87 bits per heavy atom. The van der Waals surface area contributed by atoms with Crippen molar-refractivity contribution in [1.82, 2.24) is 15.3 Å². The van der Waals surface area contributed by atoms with Crippen molar-refractivity contribution in [2.45, 2.75) is 6.54 Å². The Bertz CT molecular complexity index is 807. The molecule has 2 N–H and O–H groups in total. The van der Waals surface area contributed by atoms with E-state index in [1.165, 1.54) is 11.3 Å². The van der Waals surface area contributed by atoms with E-state index < -0.39 is 0 Å². The van der Waals surface area contributed by atoms with Crippen molar-refractivity contribution in [3.8, 4) is 0 Å². The Hall–Kier alpha value is -2.44. The summed E-state index contributed by atoms with van der Waals surface area (Å²) >= 11 is 7.44. The second-order valence-electron chi connectivity index (χ2n) is 4.69. The second-order valence-corrected chi connectivity index (χ2v) is 5.95. The molecular weight excluding hydrogens is 332 g/mol. The first kappa shape index (κ1) is 15.5. The summed E-state index contributed by atoms with van der Waals surface area (Å²) in [6, 6.07) is 11.1. The van der Waals surface area contributed by atoms with Crippen LogP contribution in [-0.4, -0.2) is 15.9 Å². The number of pyridine rings is 1. The van der Waals surface area contributed by atoms with E-state index in [4.69, 9.17) is 11.6 Å². The fourth-order valence-electron chi connectivity index (χ4n) is 1.89. The minimum absolute atomic E-state index is 0.225. The lowest BCUT2D eigenvalue weighted by Crippen LogP contribution is -2.23. The summed E-state index contributed by atoms with van der Waals surface area (Å²) in [6.07, 6.45) is 3.41. The maximum absolute atomic E-state index is 12.1. The van der Waals surface area contributed by atoms with Crippen LogP contribution in [0.3, 0.4) is 0 Å². The number of halogens is 1. The van der Waals surface area contributed by atoms with Gasteiger partial charge in [-0.15, -0.1) is 11.3 Å². The summed E-state index contributed by atoms with van der Waals surface area (Å²) in [5.41, 5.74) is 2.06. The number of aromatic nitrogens is 2. The first-order valence-corrected chi connectivity index (χ1v) is 8.12. The van der Waals surface area contributed by atoms with E-state index in [-0.39, 0.29) is 5.91 Å². The fourth-order valence-corrected chi connectivity index (χ4v) is 2.77. The van der Waals surface area contributed by atoms with Crippen molar-refractivity contribution in [2.24, 2.45) is 0 Å². The van der Waals surface area contributed by atoms with Gasteiger partial charge in [0.1, 0.15) is 5.69 Å². The highest BCUT2D eigenvalue weighted by atomic mass is 35.5. The van der Waals surface area contributed by atoms with E-state index in [9.17, 15) is 4.79 Å². The highest BCUT2D eigenvalue weighted by Crippen LogP contribution is 2.26. The van der Waals surface area contributed by atoms with Gasteiger partial charge in [-0.05, 0) is 23.8 Å². The highest BCUT2D eigenvalue weighted by Gasteiger charge is 2.11. The number of nitrogens with one attached hydrogen (secondary N) is 2. The summed E-state index contributed by atoms with van der Waals surface area (Å²) in [7, 11) is 0. The van der Waals surface area contributed by atoms with Gasteiger partial charge in [-0.25, -0.2) is 4.98 Å². The third-order valence-electron chi connectivity index (χ3n) is 3.03. The van der Waals surface area contributed by atoms with Crippen LogP contribution in [0.15, 0.2) is 54.2 Å². The molecule has 7 heteroatoms. The van der Waals surface area contributed by atoms with Crippen LogP contribution in [0.4, 0.5) is 10.8 Å². The molecule has 0 aliphatic heterocycles. The summed E-state index contributed by atoms with van der Waals surface area (Å²) in [5.74, 6) is -0.225. The third kappa shape index (κ3) is 4.06. The maximum Gasteiger partial charge on any atom is 0.271 e. The predicted molar refractivity (Wildman–Crippen MR) is 92.3 cm³/mol. The van der Waals surface area contributed by atoms with Crippen molar-refractivity contribution in [2.75, 3.05) is 5.32 Å². The largest absolute Gasteiger partial charge is 0.347 e. The predicted octanol–water partition coefficient (Wildman–Crippen LogP) is 3.87. The van der Waals surface area contributed by atoms with Crippen molar-refractivity contribution in [3.63, 3.8) is 0 Å². The van der Waals surface area contributed by atoms with E-state index in [2.05, 4.69) is 20.6 Å². The van der Waals surface area contributed by atoms with Crippen LogP contribution < -0.4 is 10.6 Å². The molecule has 23 heavy (non-hydrogen) atoms. The third-order valence-corrected chi connectivity index (χ3v) is 4.12. The van der Waals surface area contributed by atoms with E-state index in [1.54, 1.807) is 23.8 Å². The quantitative estimate of drug-likeness (QED) is 0.737. The smallest absolute Gasteiger partial charge is 0.271 e. The lowest BCUT2D eigenvalue weighted by molar-refractivity contribution is 0.0946. The molecule has 2 aromatic heterocycles. The molecule has 3 aromatic rings. The summed E-state index contributed by atoms with van der Waals surface area (Å²) < 4.78 is 0. The SMILES string of the molecule is O=C(NCc1cccnc1)c1csc(Nc2ccccc2Cl)n1. The van der Waals surface area contributed by atoms with Gasteiger partial charge >= 0.3 is 0 Å². The number of rotatable bonds is 5. The van der Waals surface area contributed by atoms with Crippen LogP contribution in [0.25, 0.3) is 0 Å². The Labute approximate surface area is 142 Å². The molecule has 0 aliphatic rings. The molecule has 1 aromatic carbocycles. The Balaban J connectivity index is 1.62. The molecule has 116 valence electrons. The van der Waals surface area contributed by atoms with E-state index >= 15 is 0 Å². The average molecular weight is 345 g/mol. The number of para-hydroxylation sites is 1. The first-order valence-electron chi connectivity index (χ1n) is 6.86. The molecule has 0 spiro atoms. The number of benzene rings is 1. The molecule has 5 nitrogen and oxygen atoms in total. The lowest BCUT2D eigenvalue weighted by atomic mass is 10.3. The van der Waals surface area contributed by atoms with Crippen LogP contribution in [0.2, 0.25) is 5.02 Å². The molecule has 0 radical (unpaired) electrons. The highest BCUT2D eigenvalue weighted by molar-refractivity contribution is 7.14. The number of hydrogen-bond acceptors (Lipinski definition) is 5. The number of thiazole rings is 1. The van der Waals surface area contributed by atoms with Gasteiger partial charge in [0.25, 0.3) is 5.91 Å². The molecule has 0 saturated heterocycles. The van der Waals surface area contributed by atoms with Gasteiger partial charge in [0.2, 0.25) is 0 Å². The van der Waals surface area contributed by atoms with E-state index in [0.717, 1.165) is 11.3 Å². The monoisotopic (exact) mass is 344 g/mol. The zero-order chi connectivity index (χ0) is 16.1. The zero-order valence-electron chi connectivity index (χ0n) is 12.0. The normalized spacial score (nSPS) is 10.3.